The Morgan fingerprint density at radius 1 is 1.10 bits per heavy atom. The molecule has 0 saturated carbocycles. The topological polar surface area (TPSA) is 81.6 Å². The van der Waals surface area contributed by atoms with E-state index in [1.54, 1.807) is 17.0 Å². The van der Waals surface area contributed by atoms with E-state index in [-0.39, 0.29) is 18.3 Å². The molecule has 30 heavy (non-hydrogen) atoms. The molecule has 160 valence electrons. The summed E-state index contributed by atoms with van der Waals surface area (Å²) in [4.78, 5) is 14.8. The van der Waals surface area contributed by atoms with Crippen LogP contribution in [0.15, 0.2) is 59.1 Å². The fourth-order valence-electron chi connectivity index (χ4n) is 3.14. The van der Waals surface area contributed by atoms with Crippen LogP contribution < -0.4 is 10.5 Å². The van der Waals surface area contributed by atoms with Gasteiger partial charge in [0.05, 0.1) is 11.3 Å². The van der Waals surface area contributed by atoms with E-state index in [1.807, 2.05) is 44.2 Å². The molecule has 1 aromatic heterocycles. The molecule has 0 radical (unpaired) electrons. The molecule has 0 aliphatic carbocycles. The number of nitrogens with two attached hydrogens (primary N) is 1. The second-order valence-electron chi connectivity index (χ2n) is 6.94. The molecular formula is C23H28ClN3O3. The number of ether oxygens (including phenoxy) is 1. The van der Waals surface area contributed by atoms with Gasteiger partial charge in [-0.15, -0.1) is 12.4 Å². The number of halogens is 1. The Bertz CT molecular complexity index is 924. The molecule has 3 rings (SSSR count). The highest BCUT2D eigenvalue weighted by molar-refractivity contribution is 5.94. The zero-order chi connectivity index (χ0) is 20.6. The van der Waals surface area contributed by atoms with Crippen molar-refractivity contribution in [2.75, 3.05) is 19.6 Å². The van der Waals surface area contributed by atoms with Crippen molar-refractivity contribution in [2.45, 2.75) is 26.9 Å². The van der Waals surface area contributed by atoms with Gasteiger partial charge in [0.1, 0.15) is 18.1 Å². The maximum absolute atomic E-state index is 13.0. The van der Waals surface area contributed by atoms with Crippen LogP contribution in [0.5, 0.6) is 5.75 Å². The van der Waals surface area contributed by atoms with Crippen LogP contribution in [0.4, 0.5) is 0 Å². The van der Waals surface area contributed by atoms with E-state index in [0.29, 0.717) is 37.6 Å². The van der Waals surface area contributed by atoms with Gasteiger partial charge in [-0.2, -0.15) is 0 Å². The van der Waals surface area contributed by atoms with Crippen molar-refractivity contribution in [3.8, 4) is 5.75 Å². The Labute approximate surface area is 183 Å². The van der Waals surface area contributed by atoms with Crippen LogP contribution in [0.1, 0.15) is 32.9 Å². The van der Waals surface area contributed by atoms with Crippen molar-refractivity contribution in [2.24, 2.45) is 5.73 Å². The highest BCUT2D eigenvalue weighted by Gasteiger charge is 2.16. The van der Waals surface area contributed by atoms with Crippen LogP contribution in [-0.2, 0) is 13.0 Å². The summed E-state index contributed by atoms with van der Waals surface area (Å²) in [7, 11) is 0. The number of amides is 1. The number of carbonyl (C=O) groups excluding carboxylic acids is 1. The third-order valence-corrected chi connectivity index (χ3v) is 4.84. The summed E-state index contributed by atoms with van der Waals surface area (Å²) in [5.74, 6) is 1.32. The Morgan fingerprint density at radius 2 is 1.87 bits per heavy atom. The molecule has 3 aromatic rings. The maximum Gasteiger partial charge on any atom is 0.254 e. The average Bonchev–Trinajstić information content (AvgIpc) is 3.07. The van der Waals surface area contributed by atoms with Gasteiger partial charge < -0.3 is 19.9 Å². The lowest BCUT2D eigenvalue weighted by Crippen LogP contribution is -2.36. The number of carbonyl (C=O) groups is 1. The lowest BCUT2D eigenvalue weighted by atomic mass is 10.1. The monoisotopic (exact) mass is 429 g/mol. The van der Waals surface area contributed by atoms with Crippen molar-refractivity contribution in [3.05, 3.63) is 82.7 Å². The van der Waals surface area contributed by atoms with Crippen molar-refractivity contribution in [1.82, 2.24) is 10.1 Å². The van der Waals surface area contributed by atoms with Gasteiger partial charge in [0, 0.05) is 25.2 Å². The number of benzene rings is 2. The molecule has 0 saturated heterocycles. The fraction of sp³-hybridized carbons (Fsp3) is 0.304. The first-order valence-corrected chi connectivity index (χ1v) is 9.76. The first-order valence-electron chi connectivity index (χ1n) is 9.76. The molecule has 7 heteroatoms. The lowest BCUT2D eigenvalue weighted by molar-refractivity contribution is 0.0761. The van der Waals surface area contributed by atoms with Crippen LogP contribution in [0, 0.1) is 13.8 Å². The molecule has 0 bridgehead atoms. The van der Waals surface area contributed by atoms with Crippen LogP contribution in [0.25, 0.3) is 0 Å². The highest BCUT2D eigenvalue weighted by atomic mass is 35.5. The Kier molecular flexibility index (Phi) is 8.89. The minimum atomic E-state index is -0.0471. The Balaban J connectivity index is 0.00000320. The Morgan fingerprint density at radius 3 is 2.53 bits per heavy atom. The summed E-state index contributed by atoms with van der Waals surface area (Å²) in [5.41, 5.74) is 9.26. The normalized spacial score (nSPS) is 10.4. The molecule has 0 unspecified atom stereocenters. The standard InChI is InChI=1S/C23H27N3O3.ClH/c1-17-22(18(2)29-25-17)16-28-21-10-6-9-20(15-21)23(27)26(14-12-24)13-11-19-7-4-3-5-8-19;/h3-10,15H,11-14,16,24H2,1-2H3;1H. The molecule has 2 aromatic carbocycles. The van der Waals surface area contributed by atoms with E-state index in [2.05, 4.69) is 17.3 Å². The molecule has 1 heterocycles. The van der Waals surface area contributed by atoms with Crippen LogP contribution in [0.2, 0.25) is 0 Å². The zero-order valence-corrected chi connectivity index (χ0v) is 18.2. The first kappa shape index (κ1) is 23.4. The van der Waals surface area contributed by atoms with Crippen LogP contribution >= 0.6 is 12.4 Å². The third-order valence-electron chi connectivity index (χ3n) is 4.84. The van der Waals surface area contributed by atoms with Gasteiger partial charge in [-0.05, 0) is 44.0 Å². The minimum absolute atomic E-state index is 0. The third kappa shape index (κ3) is 6.08. The molecule has 2 N–H and O–H groups in total. The zero-order valence-electron chi connectivity index (χ0n) is 17.3. The number of rotatable bonds is 9. The summed E-state index contributed by atoms with van der Waals surface area (Å²) in [5, 5.41) is 3.94. The lowest BCUT2D eigenvalue weighted by Gasteiger charge is -2.22. The van der Waals surface area contributed by atoms with Crippen molar-refractivity contribution in [1.29, 1.82) is 0 Å². The van der Waals surface area contributed by atoms with Gasteiger partial charge in [-0.25, -0.2) is 0 Å². The van der Waals surface area contributed by atoms with Crippen molar-refractivity contribution < 1.29 is 14.1 Å². The van der Waals surface area contributed by atoms with Gasteiger partial charge in [0.15, 0.2) is 0 Å². The second-order valence-corrected chi connectivity index (χ2v) is 6.94. The van der Waals surface area contributed by atoms with E-state index in [4.69, 9.17) is 15.0 Å². The molecule has 6 nitrogen and oxygen atoms in total. The molecule has 0 spiro atoms. The van der Waals surface area contributed by atoms with Gasteiger partial charge in [-0.3, -0.25) is 4.79 Å². The van der Waals surface area contributed by atoms with Gasteiger partial charge in [0.25, 0.3) is 5.91 Å². The first-order chi connectivity index (χ1) is 14.1. The van der Waals surface area contributed by atoms with Crippen LogP contribution in [-0.4, -0.2) is 35.6 Å². The number of nitrogens with zero attached hydrogens (tertiary/aromatic N) is 2. The quantitative estimate of drug-likeness (QED) is 0.557. The van der Waals surface area contributed by atoms with Crippen molar-refractivity contribution >= 4 is 18.3 Å². The molecule has 1 amide bonds. The number of hydrogen-bond acceptors (Lipinski definition) is 5. The predicted molar refractivity (Wildman–Crippen MR) is 119 cm³/mol. The van der Waals surface area contributed by atoms with E-state index in [0.717, 1.165) is 23.4 Å². The minimum Gasteiger partial charge on any atom is -0.489 e. The van der Waals surface area contributed by atoms with Gasteiger partial charge >= 0.3 is 0 Å². The number of aryl methyl sites for hydroxylation is 2. The number of aromatic nitrogens is 1. The van der Waals surface area contributed by atoms with E-state index < -0.39 is 0 Å². The summed E-state index contributed by atoms with van der Waals surface area (Å²) in [6.07, 6.45) is 0.787. The molecule has 0 atom stereocenters. The molecular weight excluding hydrogens is 402 g/mol. The predicted octanol–water partition coefficient (Wildman–Crippen LogP) is 3.94. The second kappa shape index (κ2) is 11.4. The van der Waals surface area contributed by atoms with E-state index in [9.17, 15) is 4.79 Å². The summed E-state index contributed by atoms with van der Waals surface area (Å²) in [6, 6.07) is 17.4. The largest absolute Gasteiger partial charge is 0.489 e. The van der Waals surface area contributed by atoms with Gasteiger partial charge in [-0.1, -0.05) is 41.6 Å². The smallest absolute Gasteiger partial charge is 0.254 e. The van der Waals surface area contributed by atoms with Crippen molar-refractivity contribution in [3.63, 3.8) is 0 Å². The molecule has 0 aliphatic heterocycles. The van der Waals surface area contributed by atoms with E-state index >= 15 is 0 Å². The maximum atomic E-state index is 13.0. The Hall–Kier alpha value is -2.83. The van der Waals surface area contributed by atoms with E-state index in [1.165, 1.54) is 5.56 Å². The molecule has 0 fully saturated rings. The number of hydrogen-bond donors (Lipinski definition) is 1. The molecule has 0 aliphatic rings. The SMILES string of the molecule is Cc1noc(C)c1COc1cccc(C(=O)N(CCN)CCc2ccccc2)c1.Cl. The van der Waals surface area contributed by atoms with Gasteiger partial charge in [0.2, 0.25) is 0 Å². The summed E-state index contributed by atoms with van der Waals surface area (Å²) < 4.78 is 11.0. The fourth-order valence-corrected chi connectivity index (χ4v) is 3.14. The summed E-state index contributed by atoms with van der Waals surface area (Å²) in [6.45, 7) is 5.63. The average molecular weight is 430 g/mol. The summed E-state index contributed by atoms with van der Waals surface area (Å²) >= 11 is 0. The highest BCUT2D eigenvalue weighted by Crippen LogP contribution is 2.19. The van der Waals surface area contributed by atoms with Crippen LogP contribution in [0.3, 0.4) is 0 Å².